The van der Waals surface area contributed by atoms with Gasteiger partial charge in [-0.2, -0.15) is 0 Å². The molecule has 33 heavy (non-hydrogen) atoms. The van der Waals surface area contributed by atoms with E-state index in [0.717, 1.165) is 21.6 Å². The van der Waals surface area contributed by atoms with Gasteiger partial charge in [-0.3, -0.25) is 19.3 Å². The van der Waals surface area contributed by atoms with Gasteiger partial charge in [0.1, 0.15) is 0 Å². The number of rotatable bonds is 8. The van der Waals surface area contributed by atoms with Crippen molar-refractivity contribution in [3.05, 3.63) is 101 Å². The van der Waals surface area contributed by atoms with Crippen LogP contribution in [0.25, 0.3) is 16.7 Å². The summed E-state index contributed by atoms with van der Waals surface area (Å²) in [5.74, 6) is -2.50. The maximum Gasteiger partial charge on any atom is 0.306 e. The Balaban J connectivity index is 1.40. The maximum atomic E-state index is 12.5. The fourth-order valence-corrected chi connectivity index (χ4v) is 4.12. The molecule has 6 heteroatoms. The van der Waals surface area contributed by atoms with Crippen LogP contribution >= 0.6 is 11.6 Å². The Morgan fingerprint density at radius 3 is 1.91 bits per heavy atom. The fourth-order valence-electron chi connectivity index (χ4n) is 4.00. The van der Waals surface area contributed by atoms with E-state index in [1.807, 2.05) is 48.5 Å². The summed E-state index contributed by atoms with van der Waals surface area (Å²) in [5.41, 5.74) is 4.30. The minimum Gasteiger partial charge on any atom is -0.481 e. The molecule has 0 spiro atoms. The van der Waals surface area contributed by atoms with E-state index >= 15 is 0 Å². The van der Waals surface area contributed by atoms with Crippen molar-refractivity contribution in [2.45, 2.75) is 12.8 Å². The highest BCUT2D eigenvalue weighted by molar-refractivity contribution is 6.30. The summed E-state index contributed by atoms with van der Waals surface area (Å²) in [7, 11) is 0. The molecule has 0 aromatic heterocycles. The van der Waals surface area contributed by atoms with E-state index in [0.29, 0.717) is 21.7 Å². The van der Waals surface area contributed by atoms with Gasteiger partial charge in [0.2, 0.25) is 0 Å². The van der Waals surface area contributed by atoms with Gasteiger partial charge < -0.3 is 5.11 Å². The number of aliphatic carboxylic acids is 1. The number of carboxylic acid groups (broad SMARTS) is 1. The van der Waals surface area contributed by atoms with Gasteiger partial charge in [-0.15, -0.1) is 0 Å². The van der Waals surface area contributed by atoms with Crippen LogP contribution in [0, 0.1) is 5.92 Å². The van der Waals surface area contributed by atoms with Crippen molar-refractivity contribution in [2.75, 3.05) is 6.54 Å². The lowest BCUT2D eigenvalue weighted by atomic mass is 9.92. The predicted molar refractivity (Wildman–Crippen MR) is 128 cm³/mol. The monoisotopic (exact) mass is 459 g/mol. The van der Waals surface area contributed by atoms with E-state index in [4.69, 9.17) is 11.6 Å². The van der Waals surface area contributed by atoms with Gasteiger partial charge in [0.15, 0.2) is 0 Å². The number of amides is 2. The standard InChI is InChI=1S/C27H22ClNO4/c1-17(18-6-8-19(9-7-18)20-10-12-22(28)13-11-20)16-21(27(32)33)14-15-29-25(30)23-4-2-3-5-24(23)26(29)31/h2-13,21H,1,14-16H2,(H,32,33). The summed E-state index contributed by atoms with van der Waals surface area (Å²) in [6.45, 7) is 4.12. The molecule has 0 radical (unpaired) electrons. The molecule has 0 saturated heterocycles. The number of carbonyl (C=O) groups is 3. The lowest BCUT2D eigenvalue weighted by Gasteiger charge is -2.19. The molecule has 0 saturated carbocycles. The third-order valence-electron chi connectivity index (χ3n) is 5.89. The highest BCUT2D eigenvalue weighted by atomic mass is 35.5. The summed E-state index contributed by atoms with van der Waals surface area (Å²) in [5, 5.41) is 10.4. The van der Waals surface area contributed by atoms with Crippen molar-refractivity contribution in [1.82, 2.24) is 4.90 Å². The minimum absolute atomic E-state index is 0.0477. The zero-order valence-electron chi connectivity index (χ0n) is 17.8. The summed E-state index contributed by atoms with van der Waals surface area (Å²) in [6, 6.07) is 21.9. The molecular formula is C27H22ClNO4. The SMILES string of the molecule is C=C(CC(CCN1C(=O)c2ccccc2C1=O)C(=O)O)c1ccc(-c2ccc(Cl)cc2)cc1. The van der Waals surface area contributed by atoms with Crippen molar-refractivity contribution in [2.24, 2.45) is 5.92 Å². The third-order valence-corrected chi connectivity index (χ3v) is 6.14. The van der Waals surface area contributed by atoms with E-state index < -0.39 is 11.9 Å². The smallest absolute Gasteiger partial charge is 0.306 e. The number of allylic oxidation sites excluding steroid dienone is 1. The lowest BCUT2D eigenvalue weighted by molar-refractivity contribution is -0.141. The summed E-state index contributed by atoms with van der Waals surface area (Å²) in [6.07, 6.45) is 0.376. The van der Waals surface area contributed by atoms with Crippen molar-refractivity contribution >= 4 is 35.0 Å². The number of benzene rings is 3. The van der Waals surface area contributed by atoms with Crippen LogP contribution in [0.5, 0.6) is 0 Å². The highest BCUT2D eigenvalue weighted by Gasteiger charge is 2.35. The summed E-state index contributed by atoms with van der Waals surface area (Å²) >= 11 is 5.95. The van der Waals surface area contributed by atoms with Gasteiger partial charge in [0, 0.05) is 11.6 Å². The largest absolute Gasteiger partial charge is 0.481 e. The second kappa shape index (κ2) is 9.43. The molecule has 1 aliphatic heterocycles. The Labute approximate surface area is 196 Å². The van der Waals surface area contributed by atoms with E-state index in [-0.39, 0.29) is 31.2 Å². The van der Waals surface area contributed by atoms with Crippen molar-refractivity contribution in [3.8, 4) is 11.1 Å². The van der Waals surface area contributed by atoms with Crippen molar-refractivity contribution in [1.29, 1.82) is 0 Å². The third kappa shape index (κ3) is 4.73. The molecule has 5 nitrogen and oxygen atoms in total. The minimum atomic E-state index is -0.981. The Morgan fingerprint density at radius 2 is 1.39 bits per heavy atom. The first kappa shape index (κ1) is 22.5. The number of carboxylic acids is 1. The van der Waals surface area contributed by atoms with E-state index in [1.54, 1.807) is 24.3 Å². The van der Waals surface area contributed by atoms with Crippen LogP contribution in [0.1, 0.15) is 39.1 Å². The van der Waals surface area contributed by atoms with Crippen LogP contribution in [0.2, 0.25) is 5.02 Å². The molecule has 3 aromatic carbocycles. The number of hydrogen-bond donors (Lipinski definition) is 1. The fraction of sp³-hybridized carbons (Fsp3) is 0.148. The molecular weight excluding hydrogens is 438 g/mol. The van der Waals surface area contributed by atoms with Crippen LogP contribution in [-0.4, -0.2) is 34.3 Å². The number of imide groups is 1. The maximum absolute atomic E-state index is 12.5. The zero-order chi connectivity index (χ0) is 23.5. The molecule has 0 bridgehead atoms. The van der Waals surface area contributed by atoms with Gasteiger partial charge in [-0.05, 0) is 59.4 Å². The van der Waals surface area contributed by atoms with Gasteiger partial charge in [0.25, 0.3) is 11.8 Å². The first-order valence-corrected chi connectivity index (χ1v) is 10.9. The van der Waals surface area contributed by atoms with Crippen LogP contribution in [-0.2, 0) is 4.79 Å². The van der Waals surface area contributed by atoms with Crippen LogP contribution in [0.3, 0.4) is 0 Å². The van der Waals surface area contributed by atoms with Crippen LogP contribution in [0.15, 0.2) is 79.4 Å². The van der Waals surface area contributed by atoms with E-state index in [9.17, 15) is 19.5 Å². The van der Waals surface area contributed by atoms with Crippen molar-refractivity contribution in [3.63, 3.8) is 0 Å². The lowest BCUT2D eigenvalue weighted by Crippen LogP contribution is -2.33. The second-order valence-corrected chi connectivity index (χ2v) is 8.46. The Bertz CT molecular complexity index is 1200. The molecule has 1 heterocycles. The molecule has 166 valence electrons. The average molecular weight is 460 g/mol. The number of hydrogen-bond acceptors (Lipinski definition) is 3. The first-order chi connectivity index (χ1) is 15.8. The average Bonchev–Trinajstić information content (AvgIpc) is 3.07. The normalized spacial score (nSPS) is 13.7. The van der Waals surface area contributed by atoms with Gasteiger partial charge in [-0.1, -0.05) is 66.7 Å². The van der Waals surface area contributed by atoms with E-state index in [1.165, 1.54) is 0 Å². The van der Waals surface area contributed by atoms with Gasteiger partial charge in [0.05, 0.1) is 17.0 Å². The zero-order valence-corrected chi connectivity index (χ0v) is 18.6. The molecule has 1 atom stereocenters. The molecule has 1 N–H and O–H groups in total. The Hall–Kier alpha value is -3.70. The molecule has 0 fully saturated rings. The molecule has 2 amide bonds. The topological polar surface area (TPSA) is 74.7 Å². The molecule has 3 aromatic rings. The van der Waals surface area contributed by atoms with Crippen molar-refractivity contribution < 1.29 is 19.5 Å². The van der Waals surface area contributed by atoms with Gasteiger partial charge >= 0.3 is 5.97 Å². The molecule has 1 unspecified atom stereocenters. The second-order valence-electron chi connectivity index (χ2n) is 8.02. The molecule has 1 aliphatic rings. The number of fused-ring (bicyclic) bond motifs is 1. The molecule has 4 rings (SSSR count). The number of carbonyl (C=O) groups excluding carboxylic acids is 2. The number of halogens is 1. The van der Waals surface area contributed by atoms with Gasteiger partial charge in [-0.25, -0.2) is 0 Å². The Kier molecular flexibility index (Phi) is 6.43. The summed E-state index contributed by atoms with van der Waals surface area (Å²) < 4.78 is 0. The molecule has 0 aliphatic carbocycles. The summed E-state index contributed by atoms with van der Waals surface area (Å²) in [4.78, 5) is 38.1. The highest BCUT2D eigenvalue weighted by Crippen LogP contribution is 2.28. The Morgan fingerprint density at radius 1 is 0.879 bits per heavy atom. The predicted octanol–water partition coefficient (Wildman–Crippen LogP) is 5.80. The number of nitrogens with zero attached hydrogens (tertiary/aromatic N) is 1. The quantitative estimate of drug-likeness (QED) is 0.432. The van der Waals surface area contributed by atoms with Crippen LogP contribution < -0.4 is 0 Å². The van der Waals surface area contributed by atoms with E-state index in [2.05, 4.69) is 6.58 Å². The first-order valence-electron chi connectivity index (χ1n) is 10.6. The van der Waals surface area contributed by atoms with Crippen LogP contribution in [0.4, 0.5) is 0 Å².